The van der Waals surface area contributed by atoms with Crippen LogP contribution in [0.25, 0.3) is 0 Å². The predicted octanol–water partition coefficient (Wildman–Crippen LogP) is 4.63. The lowest BCUT2D eigenvalue weighted by Crippen LogP contribution is -2.50. The topological polar surface area (TPSA) is 66.0 Å². The highest BCUT2D eigenvalue weighted by molar-refractivity contribution is 14.0. The zero-order valence-corrected chi connectivity index (χ0v) is 22.3. The summed E-state index contributed by atoms with van der Waals surface area (Å²) < 4.78 is 5.63. The predicted molar refractivity (Wildman–Crippen MR) is 139 cm³/mol. The molecule has 2 N–H and O–H groups in total. The summed E-state index contributed by atoms with van der Waals surface area (Å²) in [5.41, 5.74) is 1.01. The van der Waals surface area contributed by atoms with Crippen molar-refractivity contribution in [2.24, 2.45) is 10.9 Å². The van der Waals surface area contributed by atoms with Gasteiger partial charge in [-0.05, 0) is 50.3 Å². The fraction of sp³-hybridized carbons (Fsp3) is 0.652. The van der Waals surface area contributed by atoms with Crippen LogP contribution in [0.2, 0.25) is 5.02 Å². The Labute approximate surface area is 209 Å². The molecule has 1 fully saturated rings. The minimum atomic E-state index is -0.154. The molecule has 0 saturated carbocycles. The minimum absolute atomic E-state index is 0. The first-order valence-electron chi connectivity index (χ1n) is 11.1. The number of amides is 1. The molecule has 1 aromatic carbocycles. The number of likely N-dealkylation sites (tertiary alicyclic amines) is 1. The molecule has 0 aromatic heterocycles. The van der Waals surface area contributed by atoms with Crippen molar-refractivity contribution in [2.75, 3.05) is 33.3 Å². The molecular weight excluding hydrogens is 527 g/mol. The molecule has 0 bridgehead atoms. The van der Waals surface area contributed by atoms with Crippen LogP contribution >= 0.6 is 35.6 Å². The highest BCUT2D eigenvalue weighted by atomic mass is 127. The van der Waals surface area contributed by atoms with Gasteiger partial charge in [-0.15, -0.1) is 24.0 Å². The van der Waals surface area contributed by atoms with Crippen molar-refractivity contribution < 1.29 is 9.53 Å². The van der Waals surface area contributed by atoms with Gasteiger partial charge in [-0.25, -0.2) is 0 Å². The van der Waals surface area contributed by atoms with E-state index in [9.17, 15) is 4.79 Å². The molecule has 1 heterocycles. The summed E-state index contributed by atoms with van der Waals surface area (Å²) in [5.74, 6) is 1.25. The molecule has 1 unspecified atom stereocenters. The van der Waals surface area contributed by atoms with Crippen LogP contribution < -0.4 is 10.6 Å². The Morgan fingerprint density at radius 3 is 2.48 bits per heavy atom. The highest BCUT2D eigenvalue weighted by Crippen LogP contribution is 2.21. The Hall–Kier alpha value is -1.06. The van der Waals surface area contributed by atoms with Crippen molar-refractivity contribution in [1.82, 2.24) is 15.5 Å². The average Bonchev–Trinajstić information content (AvgIpc) is 2.75. The Morgan fingerprint density at radius 1 is 1.26 bits per heavy atom. The van der Waals surface area contributed by atoms with E-state index in [2.05, 4.69) is 31.4 Å². The third-order valence-corrected chi connectivity index (χ3v) is 5.98. The van der Waals surface area contributed by atoms with Crippen molar-refractivity contribution >= 4 is 47.4 Å². The molecule has 6 nitrogen and oxygen atoms in total. The molecule has 0 radical (unpaired) electrons. The van der Waals surface area contributed by atoms with Gasteiger partial charge in [-0.2, -0.15) is 0 Å². The lowest BCUT2D eigenvalue weighted by molar-refractivity contribution is -0.136. The average molecular weight is 565 g/mol. The maximum atomic E-state index is 12.6. The normalized spacial score (nSPS) is 16.1. The molecule has 1 aromatic rings. The van der Waals surface area contributed by atoms with Gasteiger partial charge in [-0.1, -0.05) is 37.6 Å². The van der Waals surface area contributed by atoms with Crippen molar-refractivity contribution in [1.29, 1.82) is 0 Å². The van der Waals surface area contributed by atoms with Gasteiger partial charge in [0, 0.05) is 43.7 Å². The molecule has 1 aliphatic heterocycles. The third kappa shape index (κ3) is 8.77. The van der Waals surface area contributed by atoms with E-state index in [1.165, 1.54) is 0 Å². The molecular formula is C23H38ClIN4O2. The number of rotatable bonds is 9. The summed E-state index contributed by atoms with van der Waals surface area (Å²) in [6.45, 7) is 9.13. The fourth-order valence-electron chi connectivity index (χ4n) is 3.85. The number of guanidine groups is 1. The van der Waals surface area contributed by atoms with E-state index < -0.39 is 0 Å². The van der Waals surface area contributed by atoms with Crippen molar-refractivity contribution in [3.8, 4) is 0 Å². The third-order valence-electron chi connectivity index (χ3n) is 5.75. The number of piperidine rings is 1. The zero-order chi connectivity index (χ0) is 21.9. The second-order valence-electron chi connectivity index (χ2n) is 7.76. The van der Waals surface area contributed by atoms with E-state index in [0.29, 0.717) is 23.5 Å². The molecule has 1 aliphatic rings. The number of halogens is 2. The summed E-state index contributed by atoms with van der Waals surface area (Å²) >= 11 is 6.12. The first-order chi connectivity index (χ1) is 14.5. The van der Waals surface area contributed by atoms with E-state index in [-0.39, 0.29) is 36.0 Å². The summed E-state index contributed by atoms with van der Waals surface area (Å²) in [4.78, 5) is 19.4. The molecule has 176 valence electrons. The van der Waals surface area contributed by atoms with Crippen molar-refractivity contribution in [2.45, 2.75) is 58.6 Å². The van der Waals surface area contributed by atoms with Gasteiger partial charge in [0.25, 0.3) is 0 Å². The number of methoxy groups -OCH3 is 1. The lowest BCUT2D eigenvalue weighted by atomic mass is 9.98. The van der Waals surface area contributed by atoms with Crippen molar-refractivity contribution in [3.05, 3.63) is 34.9 Å². The monoisotopic (exact) mass is 564 g/mol. The van der Waals surface area contributed by atoms with Gasteiger partial charge in [0.1, 0.15) is 6.10 Å². The Bertz CT molecular complexity index is 692. The summed E-state index contributed by atoms with van der Waals surface area (Å²) in [5, 5.41) is 7.55. The van der Waals surface area contributed by atoms with E-state index in [1.807, 2.05) is 29.2 Å². The molecule has 0 aliphatic carbocycles. The largest absolute Gasteiger partial charge is 0.375 e. The van der Waals surface area contributed by atoms with Crippen LogP contribution in [0.4, 0.5) is 0 Å². The van der Waals surface area contributed by atoms with E-state index >= 15 is 0 Å². The minimum Gasteiger partial charge on any atom is -0.375 e. The highest BCUT2D eigenvalue weighted by Gasteiger charge is 2.26. The van der Waals surface area contributed by atoms with Crippen LogP contribution in [0, 0.1) is 5.92 Å². The van der Waals surface area contributed by atoms with Crippen LogP contribution in [0.1, 0.15) is 58.1 Å². The molecule has 1 atom stereocenters. The molecule has 2 rings (SSSR count). The van der Waals surface area contributed by atoms with E-state index in [1.54, 1.807) is 7.11 Å². The summed E-state index contributed by atoms with van der Waals surface area (Å²) in [6, 6.07) is 8.00. The van der Waals surface area contributed by atoms with Crippen LogP contribution in [0.3, 0.4) is 0 Å². The number of carbonyl (C=O) groups is 1. The van der Waals surface area contributed by atoms with Gasteiger partial charge in [0.05, 0.1) is 6.54 Å². The van der Waals surface area contributed by atoms with Crippen LogP contribution in [-0.2, 0) is 9.53 Å². The van der Waals surface area contributed by atoms with Crippen LogP contribution in [-0.4, -0.2) is 56.1 Å². The van der Waals surface area contributed by atoms with E-state index in [0.717, 1.165) is 56.8 Å². The molecule has 8 heteroatoms. The number of aliphatic imine (C=N–C) groups is 1. The number of nitrogens with zero attached hydrogens (tertiary/aromatic N) is 2. The lowest BCUT2D eigenvalue weighted by Gasteiger charge is -2.35. The molecule has 31 heavy (non-hydrogen) atoms. The first-order valence-corrected chi connectivity index (χ1v) is 11.5. The summed E-state index contributed by atoms with van der Waals surface area (Å²) in [6.07, 6.45) is 3.53. The fourth-order valence-corrected chi connectivity index (χ4v) is 4.05. The number of benzene rings is 1. The summed E-state index contributed by atoms with van der Waals surface area (Å²) in [7, 11) is 1.69. The Kier molecular flexibility index (Phi) is 13.4. The molecule has 0 spiro atoms. The zero-order valence-electron chi connectivity index (χ0n) is 19.2. The number of ether oxygens (including phenoxy) is 1. The first kappa shape index (κ1) is 28.0. The maximum Gasteiger partial charge on any atom is 0.225 e. The number of carbonyl (C=O) groups excluding carboxylic acids is 1. The Morgan fingerprint density at radius 2 is 1.94 bits per heavy atom. The van der Waals surface area contributed by atoms with Gasteiger partial charge in [0.2, 0.25) is 5.91 Å². The molecule has 1 amide bonds. The smallest absolute Gasteiger partial charge is 0.225 e. The quantitative estimate of drug-likeness (QED) is 0.261. The number of nitrogens with one attached hydrogen (secondary N) is 2. The van der Waals surface area contributed by atoms with Crippen LogP contribution in [0.15, 0.2) is 29.3 Å². The number of hydrogen-bond donors (Lipinski definition) is 2. The van der Waals surface area contributed by atoms with Gasteiger partial charge < -0.3 is 20.3 Å². The maximum absolute atomic E-state index is 12.6. The van der Waals surface area contributed by atoms with Crippen molar-refractivity contribution in [3.63, 3.8) is 0 Å². The van der Waals surface area contributed by atoms with Gasteiger partial charge in [-0.3, -0.25) is 9.79 Å². The number of hydrogen-bond acceptors (Lipinski definition) is 3. The SMILES string of the molecule is CCNC(=NCC(OC)c1cccc(Cl)c1)NC1CCN(C(=O)C(CC)CC)CC1.I. The van der Waals surface area contributed by atoms with Gasteiger partial charge in [0.15, 0.2) is 5.96 Å². The second-order valence-corrected chi connectivity index (χ2v) is 8.19. The van der Waals surface area contributed by atoms with Gasteiger partial charge >= 0.3 is 0 Å². The van der Waals surface area contributed by atoms with Crippen LogP contribution in [0.5, 0.6) is 0 Å². The molecule has 1 saturated heterocycles. The Balaban J connectivity index is 0.00000480. The van der Waals surface area contributed by atoms with E-state index in [4.69, 9.17) is 21.3 Å². The standard InChI is InChI=1S/C23H37ClN4O2.HI/c1-5-17(6-2)22(29)28-13-11-20(12-14-28)27-23(25-7-3)26-16-21(30-4)18-9-8-10-19(24)15-18;/h8-10,15,17,20-21H,5-7,11-14,16H2,1-4H3,(H2,25,26,27);1H. The second kappa shape index (κ2) is 14.9.